The Morgan fingerprint density at radius 3 is 1.13 bits per heavy atom. The summed E-state index contributed by atoms with van der Waals surface area (Å²) in [6.45, 7) is 4.77. The largest absolute Gasteiger partial charge is 0.545 e. The number of carboxylic acid groups (broad SMARTS) is 1. The van der Waals surface area contributed by atoms with Gasteiger partial charge in [-0.05, 0) is 70.6 Å². The highest BCUT2D eigenvalue weighted by Crippen LogP contribution is 2.16. The smallest absolute Gasteiger partial charge is 0.306 e. The number of likely N-dealkylation sites (N-methyl/N-ethyl adjacent to an activating group) is 1. The summed E-state index contributed by atoms with van der Waals surface area (Å²) in [7, 11) is 5.93. The van der Waals surface area contributed by atoms with Crippen molar-refractivity contribution in [1.29, 1.82) is 0 Å². The maximum absolute atomic E-state index is 12.9. The number of carboxylic acids is 1. The van der Waals surface area contributed by atoms with Gasteiger partial charge in [-0.15, -0.1) is 0 Å². The molecule has 0 amide bonds. The Morgan fingerprint density at radius 1 is 0.423 bits per heavy atom. The molecule has 416 valence electrons. The van der Waals surface area contributed by atoms with Gasteiger partial charge in [-0.3, -0.25) is 9.59 Å². The SMILES string of the molecule is CCCCCCC/C=C\C/C=C\CCCCCCCCCCCCCC(=O)OC(COC(=O)CCCCCCCCCCCCC/C=C\CCCCCCCCCC)COC(OCC[N+](C)(C)C)C(=O)[O-]. The van der Waals surface area contributed by atoms with Crippen LogP contribution >= 0.6 is 0 Å². The van der Waals surface area contributed by atoms with Gasteiger partial charge in [0.25, 0.3) is 0 Å². The molecule has 0 N–H and O–H groups in total. The molecule has 0 fully saturated rings. The lowest BCUT2D eigenvalue weighted by atomic mass is 10.0. The third-order valence-corrected chi connectivity index (χ3v) is 13.4. The maximum Gasteiger partial charge on any atom is 0.306 e. The molecule has 0 radical (unpaired) electrons. The van der Waals surface area contributed by atoms with Crippen molar-refractivity contribution in [2.75, 3.05) is 47.5 Å². The van der Waals surface area contributed by atoms with Crippen LogP contribution < -0.4 is 5.11 Å². The number of hydrogen-bond donors (Lipinski definition) is 0. The van der Waals surface area contributed by atoms with Crippen LogP contribution in [0.1, 0.15) is 284 Å². The zero-order valence-corrected chi connectivity index (χ0v) is 47.4. The van der Waals surface area contributed by atoms with Crippen molar-refractivity contribution in [3.05, 3.63) is 36.5 Å². The van der Waals surface area contributed by atoms with E-state index in [0.717, 1.165) is 44.9 Å². The van der Waals surface area contributed by atoms with Gasteiger partial charge in [-0.25, -0.2) is 0 Å². The molecule has 0 heterocycles. The highest BCUT2D eigenvalue weighted by molar-refractivity contribution is 5.70. The van der Waals surface area contributed by atoms with Crippen molar-refractivity contribution >= 4 is 17.9 Å². The number of unbranched alkanes of at least 4 members (excludes halogenated alkanes) is 35. The second kappa shape index (κ2) is 53.8. The number of aliphatic carboxylic acids is 1. The van der Waals surface area contributed by atoms with Gasteiger partial charge in [-0.1, -0.05) is 237 Å². The van der Waals surface area contributed by atoms with Gasteiger partial charge in [-0.2, -0.15) is 0 Å². The summed E-state index contributed by atoms with van der Waals surface area (Å²) in [6, 6.07) is 0. The summed E-state index contributed by atoms with van der Waals surface area (Å²) < 4.78 is 22.7. The van der Waals surface area contributed by atoms with Crippen LogP contribution in [0.15, 0.2) is 36.5 Å². The second-order valence-electron chi connectivity index (χ2n) is 21.6. The van der Waals surface area contributed by atoms with E-state index in [2.05, 4.69) is 50.3 Å². The number of carbonyl (C=O) groups excluding carboxylic acids is 3. The van der Waals surface area contributed by atoms with Gasteiger partial charge in [0, 0.05) is 12.8 Å². The minimum absolute atomic E-state index is 0.148. The number of rotatable bonds is 56. The standard InChI is InChI=1S/C62H115NO8/c1-6-8-10-12-14-16-18-20-22-24-26-28-30-32-34-36-38-40-42-44-46-48-50-52-59(64)69-56-58(57-70-62(61(66)67)68-55-54-63(3,4)5)71-60(65)53-51-49-47-45-43-41-39-37-35-33-31-29-27-25-23-21-19-17-15-13-11-9-7-2/h19,21,24-27,58,62H,6-18,20,22-23,28-57H2,1-5H3/b21-19-,26-24-,27-25-. The number of ether oxygens (including phenoxy) is 4. The van der Waals surface area contributed by atoms with E-state index in [1.54, 1.807) is 0 Å². The molecule has 0 aromatic rings. The van der Waals surface area contributed by atoms with Crippen LogP contribution in [0.3, 0.4) is 0 Å². The van der Waals surface area contributed by atoms with E-state index >= 15 is 0 Å². The number of nitrogens with zero attached hydrogens (tertiary/aromatic N) is 1. The van der Waals surface area contributed by atoms with Crippen molar-refractivity contribution in [3.63, 3.8) is 0 Å². The molecule has 2 unspecified atom stereocenters. The lowest BCUT2D eigenvalue weighted by molar-refractivity contribution is -0.870. The zero-order valence-electron chi connectivity index (χ0n) is 47.4. The quantitative estimate of drug-likeness (QED) is 0.0195. The van der Waals surface area contributed by atoms with Crippen LogP contribution in [-0.4, -0.2) is 82.3 Å². The normalized spacial score (nSPS) is 13.0. The second-order valence-corrected chi connectivity index (χ2v) is 21.6. The first kappa shape index (κ1) is 68.5. The molecule has 0 aliphatic heterocycles. The average molecular weight is 1000 g/mol. The van der Waals surface area contributed by atoms with Crippen LogP contribution in [0.2, 0.25) is 0 Å². The van der Waals surface area contributed by atoms with Crippen LogP contribution in [0.4, 0.5) is 0 Å². The van der Waals surface area contributed by atoms with Crippen LogP contribution in [-0.2, 0) is 33.3 Å². The monoisotopic (exact) mass is 1000 g/mol. The van der Waals surface area contributed by atoms with Crippen molar-refractivity contribution in [2.45, 2.75) is 296 Å². The minimum Gasteiger partial charge on any atom is -0.545 e. The van der Waals surface area contributed by atoms with Gasteiger partial charge in [0.15, 0.2) is 12.4 Å². The minimum atomic E-state index is -1.62. The predicted molar refractivity (Wildman–Crippen MR) is 297 cm³/mol. The Balaban J connectivity index is 4.21. The number of quaternary nitrogens is 1. The van der Waals surface area contributed by atoms with Crippen LogP contribution in [0, 0.1) is 0 Å². The molecule has 0 aliphatic rings. The first-order valence-electron chi connectivity index (χ1n) is 30.1. The Morgan fingerprint density at radius 2 is 0.761 bits per heavy atom. The highest BCUT2D eigenvalue weighted by Gasteiger charge is 2.22. The maximum atomic E-state index is 12.9. The van der Waals surface area contributed by atoms with Crippen molar-refractivity contribution in [1.82, 2.24) is 0 Å². The summed E-state index contributed by atoms with van der Waals surface area (Å²) in [5.41, 5.74) is 0. The van der Waals surface area contributed by atoms with E-state index in [1.807, 2.05) is 21.1 Å². The summed E-state index contributed by atoms with van der Waals surface area (Å²) in [5.74, 6) is -2.27. The number of hydrogen-bond acceptors (Lipinski definition) is 8. The number of esters is 2. The predicted octanol–water partition coefficient (Wildman–Crippen LogP) is 16.3. The fourth-order valence-corrected chi connectivity index (χ4v) is 8.68. The Hall–Kier alpha value is -2.49. The van der Waals surface area contributed by atoms with E-state index in [0.29, 0.717) is 23.9 Å². The van der Waals surface area contributed by atoms with Crippen molar-refractivity contribution in [2.24, 2.45) is 0 Å². The molecule has 0 aromatic carbocycles. The molecule has 0 bridgehead atoms. The fourth-order valence-electron chi connectivity index (χ4n) is 8.68. The first-order chi connectivity index (χ1) is 34.6. The topological polar surface area (TPSA) is 111 Å². The fraction of sp³-hybridized carbons (Fsp3) is 0.855. The Bertz CT molecular complexity index is 1260. The Kier molecular flexibility index (Phi) is 51.9. The third kappa shape index (κ3) is 55.1. The van der Waals surface area contributed by atoms with Gasteiger partial charge in [0.1, 0.15) is 13.2 Å². The summed E-state index contributed by atoms with van der Waals surface area (Å²) >= 11 is 0. The summed E-state index contributed by atoms with van der Waals surface area (Å²) in [5, 5.41) is 11.8. The third-order valence-electron chi connectivity index (χ3n) is 13.4. The molecule has 71 heavy (non-hydrogen) atoms. The molecule has 0 saturated carbocycles. The highest BCUT2D eigenvalue weighted by atomic mass is 16.7. The van der Waals surface area contributed by atoms with Gasteiger partial charge in [0.05, 0.1) is 40.3 Å². The van der Waals surface area contributed by atoms with Crippen molar-refractivity contribution in [3.8, 4) is 0 Å². The lowest BCUT2D eigenvalue weighted by Crippen LogP contribution is -2.44. The summed E-state index contributed by atoms with van der Waals surface area (Å²) in [6.07, 6.45) is 61.9. The molecular formula is C62H115NO8. The van der Waals surface area contributed by atoms with E-state index in [4.69, 9.17) is 18.9 Å². The van der Waals surface area contributed by atoms with Gasteiger partial charge >= 0.3 is 11.9 Å². The molecule has 0 rings (SSSR count). The van der Waals surface area contributed by atoms with E-state index < -0.39 is 24.3 Å². The average Bonchev–Trinajstić information content (AvgIpc) is 3.34. The molecule has 0 saturated heterocycles. The molecule has 0 aromatic heterocycles. The van der Waals surface area contributed by atoms with Gasteiger partial charge in [0.2, 0.25) is 0 Å². The summed E-state index contributed by atoms with van der Waals surface area (Å²) in [4.78, 5) is 37.3. The van der Waals surface area contributed by atoms with Gasteiger partial charge < -0.3 is 33.3 Å². The molecular weight excluding hydrogens is 887 g/mol. The molecule has 0 aliphatic carbocycles. The number of allylic oxidation sites excluding steroid dienone is 6. The molecule has 9 heteroatoms. The van der Waals surface area contributed by atoms with Crippen molar-refractivity contribution < 1.29 is 42.9 Å². The van der Waals surface area contributed by atoms with E-state index in [1.165, 1.54) is 205 Å². The zero-order chi connectivity index (χ0) is 52.0. The number of carbonyl (C=O) groups is 3. The molecule has 0 spiro atoms. The lowest BCUT2D eigenvalue weighted by Gasteiger charge is -2.26. The van der Waals surface area contributed by atoms with Crippen LogP contribution in [0.25, 0.3) is 0 Å². The first-order valence-corrected chi connectivity index (χ1v) is 30.1. The van der Waals surface area contributed by atoms with Crippen LogP contribution in [0.5, 0.6) is 0 Å². The Labute approximate surface area is 439 Å². The molecule has 2 atom stereocenters. The molecule has 9 nitrogen and oxygen atoms in total. The van der Waals surface area contributed by atoms with E-state index in [9.17, 15) is 19.5 Å². The van der Waals surface area contributed by atoms with E-state index in [-0.39, 0.29) is 32.2 Å².